The summed E-state index contributed by atoms with van der Waals surface area (Å²) in [6.07, 6.45) is 10.1. The maximum Gasteiger partial charge on any atom is 0.360 e. The standard InChI is InChI=1S/C23H37N5O4/c1-4-7-9-11-13-15-27-20-18(25-17(19(24)26-20)22(30)32-6-3)21(29)28(23(27)31)16-14-12-10-8-5-2/h4-16H2,1-3H3,(H2,24,26). The number of anilines is 1. The van der Waals surface area contributed by atoms with Gasteiger partial charge in [-0.25, -0.2) is 19.6 Å². The minimum Gasteiger partial charge on any atom is -0.461 e. The number of aromatic nitrogens is 4. The second kappa shape index (κ2) is 13.0. The Morgan fingerprint density at radius 2 is 1.41 bits per heavy atom. The number of aryl methyl sites for hydroxylation is 1. The summed E-state index contributed by atoms with van der Waals surface area (Å²) in [5.74, 6) is -0.881. The monoisotopic (exact) mass is 447 g/mol. The summed E-state index contributed by atoms with van der Waals surface area (Å²) in [4.78, 5) is 47.0. The first-order valence-corrected chi connectivity index (χ1v) is 11.9. The highest BCUT2D eigenvalue weighted by atomic mass is 16.5. The van der Waals surface area contributed by atoms with Crippen LogP contribution in [0.2, 0.25) is 0 Å². The van der Waals surface area contributed by atoms with Gasteiger partial charge in [0.2, 0.25) is 0 Å². The first-order valence-electron chi connectivity index (χ1n) is 11.9. The molecular formula is C23H37N5O4. The predicted molar refractivity (Wildman–Crippen MR) is 126 cm³/mol. The maximum absolute atomic E-state index is 13.2. The van der Waals surface area contributed by atoms with E-state index in [4.69, 9.17) is 10.5 Å². The maximum atomic E-state index is 13.2. The van der Waals surface area contributed by atoms with E-state index in [0.717, 1.165) is 64.2 Å². The Morgan fingerprint density at radius 3 is 1.97 bits per heavy atom. The minimum absolute atomic E-state index is 0.0241. The molecule has 2 aromatic heterocycles. The van der Waals surface area contributed by atoms with E-state index in [1.807, 2.05) is 0 Å². The lowest BCUT2D eigenvalue weighted by Gasteiger charge is -2.14. The van der Waals surface area contributed by atoms with Gasteiger partial charge in [0.25, 0.3) is 5.56 Å². The van der Waals surface area contributed by atoms with E-state index >= 15 is 0 Å². The molecule has 0 unspecified atom stereocenters. The Hall–Kier alpha value is -2.71. The van der Waals surface area contributed by atoms with Crippen molar-refractivity contribution in [2.24, 2.45) is 0 Å². The fourth-order valence-electron chi connectivity index (χ4n) is 3.72. The second-order valence-corrected chi connectivity index (χ2v) is 8.07. The molecule has 0 aromatic carbocycles. The van der Waals surface area contributed by atoms with E-state index < -0.39 is 17.2 Å². The van der Waals surface area contributed by atoms with Gasteiger partial charge < -0.3 is 10.5 Å². The van der Waals surface area contributed by atoms with Gasteiger partial charge in [-0.1, -0.05) is 65.2 Å². The van der Waals surface area contributed by atoms with E-state index in [0.29, 0.717) is 13.1 Å². The van der Waals surface area contributed by atoms with Crippen molar-refractivity contribution < 1.29 is 9.53 Å². The van der Waals surface area contributed by atoms with E-state index in [9.17, 15) is 14.4 Å². The molecule has 0 aliphatic carbocycles. The van der Waals surface area contributed by atoms with Crippen LogP contribution in [0.25, 0.3) is 11.2 Å². The third kappa shape index (κ3) is 6.40. The Morgan fingerprint density at radius 1 is 0.844 bits per heavy atom. The van der Waals surface area contributed by atoms with Gasteiger partial charge in [0.05, 0.1) is 6.61 Å². The molecule has 32 heavy (non-hydrogen) atoms. The number of hydrogen-bond acceptors (Lipinski definition) is 7. The molecule has 0 aliphatic heterocycles. The van der Waals surface area contributed by atoms with Crippen LogP contribution in [0.15, 0.2) is 9.59 Å². The van der Waals surface area contributed by atoms with Crippen LogP contribution in [0.5, 0.6) is 0 Å². The van der Waals surface area contributed by atoms with Crippen LogP contribution in [-0.2, 0) is 17.8 Å². The first kappa shape index (κ1) is 25.5. The molecule has 2 heterocycles. The lowest BCUT2D eigenvalue weighted by Crippen LogP contribution is -2.41. The molecular weight excluding hydrogens is 410 g/mol. The topological polar surface area (TPSA) is 122 Å². The average molecular weight is 448 g/mol. The summed E-state index contributed by atoms with van der Waals surface area (Å²) >= 11 is 0. The van der Waals surface area contributed by atoms with Crippen molar-refractivity contribution in [1.29, 1.82) is 0 Å². The highest BCUT2D eigenvalue weighted by Crippen LogP contribution is 2.14. The number of fused-ring (bicyclic) bond motifs is 1. The van der Waals surface area contributed by atoms with Gasteiger partial charge >= 0.3 is 11.7 Å². The number of carbonyl (C=O) groups is 1. The third-order valence-electron chi connectivity index (χ3n) is 5.51. The fraction of sp³-hybridized carbons (Fsp3) is 0.696. The fourth-order valence-corrected chi connectivity index (χ4v) is 3.72. The molecule has 0 radical (unpaired) electrons. The second-order valence-electron chi connectivity index (χ2n) is 8.07. The summed E-state index contributed by atoms with van der Waals surface area (Å²) in [7, 11) is 0. The smallest absolute Gasteiger partial charge is 0.360 e. The predicted octanol–water partition coefficient (Wildman–Crippen LogP) is 3.65. The van der Waals surface area contributed by atoms with Crippen molar-refractivity contribution in [2.75, 3.05) is 12.3 Å². The van der Waals surface area contributed by atoms with E-state index in [-0.39, 0.29) is 29.3 Å². The van der Waals surface area contributed by atoms with Crippen LogP contribution in [0.3, 0.4) is 0 Å². The van der Waals surface area contributed by atoms with Gasteiger partial charge in [-0.3, -0.25) is 13.9 Å². The number of unbranched alkanes of at least 4 members (excludes halogenated alkanes) is 8. The number of hydrogen-bond donors (Lipinski definition) is 1. The average Bonchev–Trinajstić information content (AvgIpc) is 2.77. The molecule has 0 saturated heterocycles. The zero-order valence-electron chi connectivity index (χ0n) is 19.7. The molecule has 0 atom stereocenters. The van der Waals surface area contributed by atoms with Gasteiger partial charge in [0.1, 0.15) is 0 Å². The zero-order chi connectivity index (χ0) is 23.5. The summed E-state index contributed by atoms with van der Waals surface area (Å²) in [5, 5.41) is 0. The molecule has 9 heteroatoms. The summed E-state index contributed by atoms with van der Waals surface area (Å²) < 4.78 is 7.69. The van der Waals surface area contributed by atoms with Crippen LogP contribution in [0, 0.1) is 0 Å². The molecule has 2 N–H and O–H groups in total. The van der Waals surface area contributed by atoms with Crippen molar-refractivity contribution in [3.63, 3.8) is 0 Å². The highest BCUT2D eigenvalue weighted by Gasteiger charge is 2.21. The van der Waals surface area contributed by atoms with Gasteiger partial charge in [-0.15, -0.1) is 0 Å². The molecule has 0 saturated carbocycles. The molecule has 0 amide bonds. The van der Waals surface area contributed by atoms with Crippen molar-refractivity contribution >= 4 is 23.0 Å². The van der Waals surface area contributed by atoms with Gasteiger partial charge in [0, 0.05) is 13.1 Å². The van der Waals surface area contributed by atoms with Crippen LogP contribution in [0.4, 0.5) is 5.82 Å². The number of nitrogens with zero attached hydrogens (tertiary/aromatic N) is 4. The molecule has 0 bridgehead atoms. The van der Waals surface area contributed by atoms with Crippen LogP contribution >= 0.6 is 0 Å². The third-order valence-corrected chi connectivity index (χ3v) is 5.51. The number of nitrogens with two attached hydrogens (primary N) is 1. The molecule has 2 aromatic rings. The number of ether oxygens (including phenoxy) is 1. The van der Waals surface area contributed by atoms with Crippen molar-refractivity contribution in [3.05, 3.63) is 26.5 Å². The quantitative estimate of drug-likeness (QED) is 0.346. The largest absolute Gasteiger partial charge is 0.461 e. The SMILES string of the molecule is CCCCCCCn1c(=O)c2nc(C(=O)OCC)c(N)nc2n(CCCCCCC)c1=O. The molecule has 0 fully saturated rings. The summed E-state index contributed by atoms with van der Waals surface area (Å²) in [6.45, 7) is 6.84. The normalized spacial score (nSPS) is 11.2. The Kier molecular flexibility index (Phi) is 10.4. The first-order chi connectivity index (χ1) is 15.5. The lowest BCUT2D eigenvalue weighted by atomic mass is 10.1. The Bertz CT molecular complexity index is 1010. The summed E-state index contributed by atoms with van der Waals surface area (Å²) in [6, 6.07) is 0. The number of esters is 1. The molecule has 2 rings (SSSR count). The van der Waals surface area contributed by atoms with E-state index in [1.54, 1.807) is 6.92 Å². The van der Waals surface area contributed by atoms with Crippen molar-refractivity contribution in [2.45, 2.75) is 98.1 Å². The zero-order valence-corrected chi connectivity index (χ0v) is 19.7. The molecule has 9 nitrogen and oxygen atoms in total. The Labute approximate surface area is 189 Å². The van der Waals surface area contributed by atoms with Crippen LogP contribution in [0.1, 0.15) is 95.5 Å². The Balaban J connectivity index is 2.48. The van der Waals surface area contributed by atoms with Gasteiger partial charge in [0.15, 0.2) is 22.7 Å². The summed E-state index contributed by atoms with van der Waals surface area (Å²) in [5.41, 5.74) is 4.92. The molecule has 0 spiro atoms. The number of carbonyl (C=O) groups excluding carboxylic acids is 1. The number of rotatable bonds is 14. The van der Waals surface area contributed by atoms with Crippen LogP contribution < -0.4 is 17.0 Å². The number of nitrogen functional groups attached to an aromatic ring is 1. The van der Waals surface area contributed by atoms with E-state index in [1.165, 1.54) is 9.13 Å². The van der Waals surface area contributed by atoms with Crippen molar-refractivity contribution in [1.82, 2.24) is 19.1 Å². The van der Waals surface area contributed by atoms with Gasteiger partial charge in [-0.05, 0) is 19.8 Å². The van der Waals surface area contributed by atoms with Gasteiger partial charge in [-0.2, -0.15) is 0 Å². The van der Waals surface area contributed by atoms with Crippen molar-refractivity contribution in [3.8, 4) is 0 Å². The van der Waals surface area contributed by atoms with Crippen LogP contribution in [-0.4, -0.2) is 31.7 Å². The van der Waals surface area contributed by atoms with E-state index in [2.05, 4.69) is 23.8 Å². The minimum atomic E-state index is -0.734. The molecule has 0 aliphatic rings. The highest BCUT2D eigenvalue weighted by molar-refractivity contribution is 5.94. The lowest BCUT2D eigenvalue weighted by molar-refractivity contribution is 0.0521. The molecule has 178 valence electrons.